The Morgan fingerprint density at radius 3 is 2.74 bits per heavy atom. The number of aromatic nitrogens is 1. The van der Waals surface area contributed by atoms with E-state index in [0.29, 0.717) is 0 Å². The van der Waals surface area contributed by atoms with Crippen molar-refractivity contribution in [3.8, 4) is 0 Å². The van der Waals surface area contributed by atoms with E-state index in [1.807, 2.05) is 0 Å². The van der Waals surface area contributed by atoms with Gasteiger partial charge in [-0.25, -0.2) is 9.78 Å². The van der Waals surface area contributed by atoms with Crippen LogP contribution in [-0.4, -0.2) is 22.7 Å². The molecule has 2 rings (SSSR count). The van der Waals surface area contributed by atoms with Crippen molar-refractivity contribution >= 4 is 17.4 Å². The molecule has 3 N–H and O–H groups in total. The van der Waals surface area contributed by atoms with Gasteiger partial charge in [-0.15, -0.1) is 11.3 Å². The van der Waals surface area contributed by atoms with E-state index in [2.05, 4.69) is 15.6 Å². The van der Waals surface area contributed by atoms with Gasteiger partial charge in [-0.2, -0.15) is 13.2 Å². The molecule has 2 aromatic heterocycles. The molecular formula is C13H14F3N3O3S. The number of nitrogens with one attached hydrogen (secondary N) is 2. The van der Waals surface area contributed by atoms with Gasteiger partial charge in [0, 0.05) is 5.38 Å². The number of aliphatic hydroxyl groups is 1. The highest BCUT2D eigenvalue weighted by Gasteiger charge is 2.33. The van der Waals surface area contributed by atoms with Crippen LogP contribution in [0.25, 0.3) is 0 Å². The summed E-state index contributed by atoms with van der Waals surface area (Å²) in [5, 5.41) is 15.9. The van der Waals surface area contributed by atoms with Gasteiger partial charge in [0.15, 0.2) is 5.69 Å². The highest BCUT2D eigenvalue weighted by molar-refractivity contribution is 7.09. The summed E-state index contributed by atoms with van der Waals surface area (Å²) in [6.45, 7) is 1.19. The topological polar surface area (TPSA) is 87.4 Å². The summed E-state index contributed by atoms with van der Waals surface area (Å²) in [7, 11) is 0. The van der Waals surface area contributed by atoms with E-state index < -0.39 is 23.5 Å². The summed E-state index contributed by atoms with van der Waals surface area (Å²) in [4.78, 5) is 15.0. The zero-order chi connectivity index (χ0) is 17.1. The van der Waals surface area contributed by atoms with Crippen molar-refractivity contribution in [3.63, 3.8) is 0 Å². The van der Waals surface area contributed by atoms with E-state index in [9.17, 15) is 23.1 Å². The average Bonchev–Trinajstić information content (AvgIpc) is 3.13. The molecule has 126 valence electrons. The van der Waals surface area contributed by atoms with Crippen LogP contribution in [0, 0.1) is 0 Å². The Morgan fingerprint density at radius 2 is 2.17 bits per heavy atom. The minimum Gasteiger partial charge on any atom is -0.466 e. The normalized spacial score (nSPS) is 14.3. The molecule has 6 nitrogen and oxygen atoms in total. The van der Waals surface area contributed by atoms with Crippen LogP contribution in [0.2, 0.25) is 0 Å². The molecule has 2 amide bonds. The number of hydrogen-bond donors (Lipinski definition) is 3. The SMILES string of the molecule is CC(O)(CNC(=O)NCc1nc(C(F)(F)F)cs1)c1ccco1. The predicted octanol–water partition coefficient (Wildman–Crippen LogP) is 2.46. The Hall–Kier alpha value is -2.07. The molecule has 23 heavy (non-hydrogen) atoms. The van der Waals surface area contributed by atoms with E-state index in [4.69, 9.17) is 4.42 Å². The molecule has 0 aliphatic rings. The minimum absolute atomic E-state index is 0.127. The van der Waals surface area contributed by atoms with Gasteiger partial charge in [0.05, 0.1) is 19.4 Å². The average molecular weight is 349 g/mol. The molecule has 0 radical (unpaired) electrons. The van der Waals surface area contributed by atoms with Crippen LogP contribution in [0.4, 0.5) is 18.0 Å². The van der Waals surface area contributed by atoms with Crippen molar-refractivity contribution in [2.75, 3.05) is 6.54 Å². The van der Waals surface area contributed by atoms with Gasteiger partial charge in [-0.3, -0.25) is 0 Å². The van der Waals surface area contributed by atoms with E-state index in [0.717, 1.165) is 16.7 Å². The first-order valence-electron chi connectivity index (χ1n) is 6.48. The molecule has 0 saturated carbocycles. The van der Waals surface area contributed by atoms with Crippen LogP contribution >= 0.6 is 11.3 Å². The number of hydrogen-bond acceptors (Lipinski definition) is 5. The molecule has 0 spiro atoms. The molecule has 0 fully saturated rings. The molecule has 0 saturated heterocycles. The fourth-order valence-corrected chi connectivity index (χ4v) is 2.41. The monoisotopic (exact) mass is 349 g/mol. The number of alkyl halides is 3. The summed E-state index contributed by atoms with van der Waals surface area (Å²) in [5.41, 5.74) is -2.38. The van der Waals surface area contributed by atoms with Gasteiger partial charge in [0.1, 0.15) is 16.4 Å². The number of furan rings is 1. The molecule has 0 aromatic carbocycles. The van der Waals surface area contributed by atoms with Crippen molar-refractivity contribution < 1.29 is 27.5 Å². The Labute approximate surface area is 133 Å². The number of carbonyl (C=O) groups excluding carboxylic acids is 1. The quantitative estimate of drug-likeness (QED) is 0.774. The Morgan fingerprint density at radius 1 is 1.43 bits per heavy atom. The molecule has 1 unspecified atom stereocenters. The maximum Gasteiger partial charge on any atom is 0.434 e. The zero-order valence-corrected chi connectivity index (χ0v) is 12.8. The molecule has 10 heteroatoms. The van der Waals surface area contributed by atoms with Gasteiger partial charge in [0.25, 0.3) is 0 Å². The number of halogens is 3. The van der Waals surface area contributed by atoms with Crippen molar-refractivity contribution in [1.82, 2.24) is 15.6 Å². The van der Waals surface area contributed by atoms with Crippen LogP contribution in [0.5, 0.6) is 0 Å². The fourth-order valence-electron chi connectivity index (χ4n) is 1.67. The van der Waals surface area contributed by atoms with Gasteiger partial charge >= 0.3 is 12.2 Å². The lowest BCUT2D eigenvalue weighted by Gasteiger charge is -2.21. The van der Waals surface area contributed by atoms with Gasteiger partial charge < -0.3 is 20.2 Å². The van der Waals surface area contributed by atoms with Crippen LogP contribution in [0.1, 0.15) is 23.4 Å². The first-order chi connectivity index (χ1) is 10.7. The third-order valence-electron chi connectivity index (χ3n) is 2.89. The second-order valence-corrected chi connectivity index (χ2v) is 5.85. The molecule has 2 aromatic rings. The maximum absolute atomic E-state index is 12.4. The summed E-state index contributed by atoms with van der Waals surface area (Å²) in [6, 6.07) is 2.53. The summed E-state index contributed by atoms with van der Waals surface area (Å²) >= 11 is 0.802. The zero-order valence-electron chi connectivity index (χ0n) is 12.0. The van der Waals surface area contributed by atoms with Crippen molar-refractivity contribution in [2.45, 2.75) is 25.2 Å². The number of thiazole rings is 1. The summed E-state index contributed by atoms with van der Waals surface area (Å²) in [6.07, 6.45) is -3.11. The second kappa shape index (κ2) is 6.59. The van der Waals surface area contributed by atoms with Gasteiger partial charge in [0.2, 0.25) is 0 Å². The van der Waals surface area contributed by atoms with Crippen molar-refractivity contribution in [1.29, 1.82) is 0 Å². The first-order valence-corrected chi connectivity index (χ1v) is 7.36. The molecule has 1 atom stereocenters. The number of carbonyl (C=O) groups is 1. The molecular weight excluding hydrogens is 335 g/mol. The number of urea groups is 1. The van der Waals surface area contributed by atoms with E-state index in [-0.39, 0.29) is 23.9 Å². The number of rotatable bonds is 5. The fraction of sp³-hybridized carbons (Fsp3) is 0.385. The largest absolute Gasteiger partial charge is 0.466 e. The van der Waals surface area contributed by atoms with Crippen LogP contribution in [0.3, 0.4) is 0 Å². The smallest absolute Gasteiger partial charge is 0.434 e. The third-order valence-corrected chi connectivity index (χ3v) is 3.74. The molecule has 0 bridgehead atoms. The van der Waals surface area contributed by atoms with Gasteiger partial charge in [-0.05, 0) is 19.1 Å². The Kier molecular flexibility index (Phi) is 4.95. The third kappa shape index (κ3) is 4.70. The summed E-state index contributed by atoms with van der Waals surface area (Å²) in [5.74, 6) is 0.285. The number of amides is 2. The van der Waals surface area contributed by atoms with Crippen LogP contribution < -0.4 is 10.6 Å². The molecule has 0 aliphatic carbocycles. The van der Waals surface area contributed by atoms with Crippen LogP contribution in [0.15, 0.2) is 28.2 Å². The lowest BCUT2D eigenvalue weighted by molar-refractivity contribution is -0.140. The molecule has 2 heterocycles. The maximum atomic E-state index is 12.4. The van der Waals surface area contributed by atoms with Crippen LogP contribution in [-0.2, 0) is 18.3 Å². The minimum atomic E-state index is -4.50. The Bertz CT molecular complexity index is 653. The second-order valence-electron chi connectivity index (χ2n) is 4.91. The van der Waals surface area contributed by atoms with Crippen molar-refractivity contribution in [2.24, 2.45) is 0 Å². The summed E-state index contributed by atoms with van der Waals surface area (Å²) < 4.78 is 42.2. The standard InChI is InChI=1S/C13H14F3N3O3S/c1-12(21,9-3-2-4-22-9)7-18-11(20)17-5-10-19-8(6-23-10)13(14,15)16/h2-4,6,21H,5,7H2,1H3,(H2,17,18,20). The van der Waals surface area contributed by atoms with E-state index in [1.54, 1.807) is 12.1 Å². The number of nitrogens with zero attached hydrogens (tertiary/aromatic N) is 1. The highest BCUT2D eigenvalue weighted by Crippen LogP contribution is 2.29. The van der Waals surface area contributed by atoms with Crippen molar-refractivity contribution in [3.05, 3.63) is 40.2 Å². The van der Waals surface area contributed by atoms with Gasteiger partial charge in [-0.1, -0.05) is 0 Å². The lowest BCUT2D eigenvalue weighted by atomic mass is 10.0. The Balaban J connectivity index is 1.80. The first kappa shape index (κ1) is 17.3. The van der Waals surface area contributed by atoms with E-state index in [1.165, 1.54) is 13.2 Å². The lowest BCUT2D eigenvalue weighted by Crippen LogP contribution is -2.43. The van der Waals surface area contributed by atoms with E-state index >= 15 is 0 Å². The highest BCUT2D eigenvalue weighted by atomic mass is 32.1. The molecule has 0 aliphatic heterocycles. The predicted molar refractivity (Wildman–Crippen MR) is 75.6 cm³/mol.